The van der Waals surface area contributed by atoms with Gasteiger partial charge in [0, 0.05) is 28.7 Å². The maximum absolute atomic E-state index is 15.9. The summed E-state index contributed by atoms with van der Waals surface area (Å²) < 4.78 is 15.9. The molecular formula is C27H32FN3O7. The van der Waals surface area contributed by atoms with Gasteiger partial charge < -0.3 is 26.2 Å². The standard InChI is InChI=1S/C27H32FN3O7/c1-4-30(2)21-14-9-11-8-13-18(16(32)10-12(20(13)28)15-6-5-7-31(15)3)22(33)17(11)24(35)27(14,38)25(36)19(23(21)34)26(29)37/h10-11,14-15,21,32,34-35,38H,4-9H2,1-3H3,(H2,29,37)/t11-,14-,15?,21-,27-/m0/s1. The first-order valence-electron chi connectivity index (χ1n) is 12.8. The Morgan fingerprint density at radius 2 is 1.97 bits per heavy atom. The number of carbonyl (C=O) groups excluding carboxylic acids is 3. The number of allylic oxidation sites excluding steroid dienone is 1. The van der Waals surface area contributed by atoms with E-state index in [0.29, 0.717) is 18.5 Å². The van der Waals surface area contributed by atoms with Gasteiger partial charge in [0.2, 0.25) is 5.78 Å². The summed E-state index contributed by atoms with van der Waals surface area (Å²) in [6, 6.07) is -0.0982. The van der Waals surface area contributed by atoms with E-state index in [1.165, 1.54) is 6.07 Å². The number of nitrogens with zero attached hydrogens (tertiary/aromatic N) is 2. The number of amides is 1. The van der Waals surface area contributed by atoms with Gasteiger partial charge >= 0.3 is 0 Å². The van der Waals surface area contributed by atoms with E-state index in [1.807, 2.05) is 11.9 Å². The molecule has 0 spiro atoms. The third-order valence-electron chi connectivity index (χ3n) is 8.98. The Hall–Kier alpha value is -3.28. The van der Waals surface area contributed by atoms with E-state index in [-0.39, 0.29) is 35.6 Å². The Labute approximate surface area is 218 Å². The van der Waals surface area contributed by atoms with Crippen LogP contribution < -0.4 is 5.73 Å². The predicted molar refractivity (Wildman–Crippen MR) is 133 cm³/mol. The lowest BCUT2D eigenvalue weighted by molar-refractivity contribution is -0.148. The van der Waals surface area contributed by atoms with Crippen LogP contribution in [0.25, 0.3) is 0 Å². The summed E-state index contributed by atoms with van der Waals surface area (Å²) in [7, 11) is 3.47. The lowest BCUT2D eigenvalue weighted by Crippen LogP contribution is -2.64. The van der Waals surface area contributed by atoms with Crippen LogP contribution in [0.3, 0.4) is 0 Å². The van der Waals surface area contributed by atoms with Crippen LogP contribution in [-0.4, -0.2) is 86.5 Å². The van der Waals surface area contributed by atoms with Crippen molar-refractivity contribution in [1.82, 2.24) is 9.80 Å². The number of halogens is 1. The zero-order valence-corrected chi connectivity index (χ0v) is 21.5. The molecule has 1 aromatic carbocycles. The van der Waals surface area contributed by atoms with E-state index in [2.05, 4.69) is 0 Å². The van der Waals surface area contributed by atoms with E-state index < -0.39 is 69.6 Å². The van der Waals surface area contributed by atoms with Crippen LogP contribution >= 0.6 is 0 Å². The summed E-state index contributed by atoms with van der Waals surface area (Å²) in [6.07, 6.45) is 1.42. The van der Waals surface area contributed by atoms with Gasteiger partial charge in [-0.25, -0.2) is 4.39 Å². The number of Topliss-reactive ketones (excluding diaryl/α,β-unsaturated/α-hetero) is 2. The molecule has 1 aliphatic heterocycles. The third-order valence-corrected chi connectivity index (χ3v) is 8.98. The first kappa shape index (κ1) is 26.3. The fraction of sp³-hybridized carbons (Fsp3) is 0.519. The molecule has 5 rings (SSSR count). The molecule has 1 amide bonds. The highest BCUT2D eigenvalue weighted by Gasteiger charge is 2.63. The summed E-state index contributed by atoms with van der Waals surface area (Å²) in [6.45, 7) is 2.87. The second kappa shape index (κ2) is 8.89. The highest BCUT2D eigenvalue weighted by molar-refractivity contribution is 6.24. The number of aliphatic hydroxyl groups excluding tert-OH is 2. The van der Waals surface area contributed by atoms with Crippen molar-refractivity contribution < 1.29 is 39.2 Å². The SMILES string of the molecule is CCN(C)[C@@H]1C(O)=C(C(N)=O)C(=O)[C@@]2(O)C(O)=C3C(=O)c4c(O)cc(C5CCCN5C)c(F)c4C[C@H]3C[C@@H]12. The second-order valence-electron chi connectivity index (χ2n) is 10.9. The molecule has 1 saturated heterocycles. The molecule has 0 aromatic heterocycles. The minimum absolute atomic E-state index is 0.0254. The molecular weight excluding hydrogens is 497 g/mol. The van der Waals surface area contributed by atoms with Gasteiger partial charge in [0.25, 0.3) is 5.91 Å². The highest BCUT2D eigenvalue weighted by Crippen LogP contribution is 2.53. The molecule has 204 valence electrons. The molecule has 1 aromatic rings. The molecule has 0 saturated carbocycles. The molecule has 4 aliphatic rings. The number of likely N-dealkylation sites (tertiary alicyclic amines) is 1. The number of nitrogens with two attached hydrogens (primary N) is 1. The number of carbonyl (C=O) groups is 3. The molecule has 1 heterocycles. The molecule has 0 bridgehead atoms. The van der Waals surface area contributed by atoms with Crippen molar-refractivity contribution in [2.24, 2.45) is 17.6 Å². The molecule has 11 heteroatoms. The zero-order chi connectivity index (χ0) is 27.8. The topological polar surface area (TPSA) is 165 Å². The van der Waals surface area contributed by atoms with Crippen LogP contribution in [0, 0.1) is 17.7 Å². The molecule has 10 nitrogen and oxygen atoms in total. The number of benzene rings is 1. The van der Waals surface area contributed by atoms with E-state index in [9.17, 15) is 34.8 Å². The predicted octanol–water partition coefficient (Wildman–Crippen LogP) is 1.42. The average Bonchev–Trinajstić information content (AvgIpc) is 3.28. The van der Waals surface area contributed by atoms with Gasteiger partial charge in [-0.15, -0.1) is 0 Å². The van der Waals surface area contributed by atoms with Gasteiger partial charge in [0.1, 0.15) is 28.7 Å². The Balaban J connectivity index is 1.69. The molecule has 1 fully saturated rings. The Morgan fingerprint density at radius 1 is 1.29 bits per heavy atom. The summed E-state index contributed by atoms with van der Waals surface area (Å²) in [5.41, 5.74) is 1.49. The Kier molecular flexibility index (Phi) is 6.16. The third kappa shape index (κ3) is 3.38. The van der Waals surface area contributed by atoms with E-state index in [4.69, 9.17) is 5.73 Å². The number of phenolic OH excluding ortho intramolecular Hbond substituents is 1. The largest absolute Gasteiger partial charge is 0.510 e. The van der Waals surface area contributed by atoms with Crippen LogP contribution in [0.4, 0.5) is 4.39 Å². The van der Waals surface area contributed by atoms with Crippen molar-refractivity contribution >= 4 is 17.5 Å². The smallest absolute Gasteiger partial charge is 0.255 e. The molecule has 6 N–H and O–H groups in total. The number of aromatic hydroxyl groups is 1. The molecule has 38 heavy (non-hydrogen) atoms. The highest BCUT2D eigenvalue weighted by atomic mass is 19.1. The van der Waals surface area contributed by atoms with Gasteiger partial charge in [0.15, 0.2) is 11.4 Å². The first-order valence-corrected chi connectivity index (χ1v) is 12.8. The maximum atomic E-state index is 15.9. The number of rotatable bonds is 4. The summed E-state index contributed by atoms with van der Waals surface area (Å²) in [4.78, 5) is 42.7. The lowest BCUT2D eigenvalue weighted by atomic mass is 9.58. The second-order valence-corrected chi connectivity index (χ2v) is 10.9. The molecule has 5 atom stereocenters. The van der Waals surface area contributed by atoms with Crippen molar-refractivity contribution in [1.29, 1.82) is 0 Å². The zero-order valence-electron chi connectivity index (χ0n) is 21.5. The molecule has 0 radical (unpaired) electrons. The first-order chi connectivity index (χ1) is 17.9. The summed E-state index contributed by atoms with van der Waals surface area (Å²) >= 11 is 0. The van der Waals surface area contributed by atoms with Crippen molar-refractivity contribution in [3.63, 3.8) is 0 Å². The van der Waals surface area contributed by atoms with E-state index in [1.54, 1.807) is 18.9 Å². The number of likely N-dealkylation sites (N-methyl/N-ethyl adjacent to an activating group) is 1. The van der Waals surface area contributed by atoms with Gasteiger partial charge in [-0.2, -0.15) is 0 Å². The van der Waals surface area contributed by atoms with E-state index in [0.717, 1.165) is 13.0 Å². The van der Waals surface area contributed by atoms with Crippen LogP contribution in [0.2, 0.25) is 0 Å². The number of hydrogen-bond acceptors (Lipinski definition) is 9. The van der Waals surface area contributed by atoms with Crippen LogP contribution in [0.15, 0.2) is 28.7 Å². The number of fused-ring (bicyclic) bond motifs is 3. The van der Waals surface area contributed by atoms with Gasteiger partial charge in [-0.1, -0.05) is 6.92 Å². The Bertz CT molecular complexity index is 1340. The molecule has 3 aliphatic carbocycles. The quantitative estimate of drug-likeness (QED) is 0.363. The summed E-state index contributed by atoms with van der Waals surface area (Å²) in [5, 5.41) is 44.8. The van der Waals surface area contributed by atoms with Crippen molar-refractivity contribution in [2.75, 3.05) is 27.2 Å². The van der Waals surface area contributed by atoms with Crippen molar-refractivity contribution in [2.45, 2.75) is 50.3 Å². The van der Waals surface area contributed by atoms with Crippen LogP contribution in [-0.2, 0) is 16.0 Å². The lowest BCUT2D eigenvalue weighted by Gasteiger charge is -2.50. The van der Waals surface area contributed by atoms with Gasteiger partial charge in [-0.05, 0) is 64.9 Å². The minimum Gasteiger partial charge on any atom is -0.510 e. The molecule has 1 unspecified atom stereocenters. The monoisotopic (exact) mass is 529 g/mol. The van der Waals surface area contributed by atoms with Gasteiger partial charge in [0.05, 0.1) is 11.6 Å². The average molecular weight is 530 g/mol. The number of primary amides is 1. The van der Waals surface area contributed by atoms with Gasteiger partial charge in [-0.3, -0.25) is 24.2 Å². The van der Waals surface area contributed by atoms with Crippen LogP contribution in [0.5, 0.6) is 5.75 Å². The number of hydrogen-bond donors (Lipinski definition) is 5. The maximum Gasteiger partial charge on any atom is 0.255 e. The fourth-order valence-electron chi connectivity index (χ4n) is 6.97. The van der Waals surface area contributed by atoms with Crippen molar-refractivity contribution in [3.8, 4) is 5.75 Å². The normalized spacial score (nSPS) is 31.5. The number of aliphatic hydroxyl groups is 3. The van der Waals surface area contributed by atoms with Crippen molar-refractivity contribution in [3.05, 3.63) is 51.2 Å². The fourth-order valence-corrected chi connectivity index (χ4v) is 6.97. The summed E-state index contributed by atoms with van der Waals surface area (Å²) in [5.74, 6) is -8.05. The van der Waals surface area contributed by atoms with Crippen LogP contribution in [0.1, 0.15) is 53.7 Å². The number of phenols is 1. The minimum atomic E-state index is -2.72. The Morgan fingerprint density at radius 3 is 2.55 bits per heavy atom. The number of ketones is 2. The van der Waals surface area contributed by atoms with E-state index >= 15 is 4.39 Å².